The van der Waals surface area contributed by atoms with Gasteiger partial charge in [-0.1, -0.05) is 170 Å². The van der Waals surface area contributed by atoms with Gasteiger partial charge in [-0.15, -0.1) is 22.7 Å². The Balaban J connectivity index is 0.808. The molecule has 83 heavy (non-hydrogen) atoms. The quantitative estimate of drug-likeness (QED) is 0.151. The van der Waals surface area contributed by atoms with Gasteiger partial charge >= 0.3 is 0 Å². The molecule has 0 bridgehead atoms. The molecular formula is C78H49N3S2. The van der Waals surface area contributed by atoms with Gasteiger partial charge in [0.2, 0.25) is 0 Å². The fourth-order valence-corrected chi connectivity index (χ4v) is 16.4. The van der Waals surface area contributed by atoms with Crippen molar-refractivity contribution in [2.75, 3.05) is 0 Å². The van der Waals surface area contributed by atoms with Gasteiger partial charge in [-0.2, -0.15) is 0 Å². The van der Waals surface area contributed by atoms with Crippen LogP contribution in [0.5, 0.6) is 0 Å². The molecule has 0 saturated carbocycles. The summed E-state index contributed by atoms with van der Waals surface area (Å²) >= 11 is 3.79. The van der Waals surface area contributed by atoms with Crippen molar-refractivity contribution in [3.63, 3.8) is 0 Å². The first-order valence-corrected chi connectivity index (χ1v) is 30.3. The van der Waals surface area contributed by atoms with Gasteiger partial charge in [0.1, 0.15) is 0 Å². The topological polar surface area (TPSA) is 14.8 Å². The van der Waals surface area contributed by atoms with Gasteiger partial charge in [-0.25, -0.2) is 0 Å². The zero-order valence-electron chi connectivity index (χ0n) is 45.0. The summed E-state index contributed by atoms with van der Waals surface area (Å²) in [5, 5.41) is 12.8. The van der Waals surface area contributed by atoms with E-state index in [9.17, 15) is 0 Å². The van der Waals surface area contributed by atoms with Crippen LogP contribution >= 0.6 is 22.7 Å². The standard InChI is InChI=1S/C78H49N3S2/c1-4-16-54(17-5-1)79-69-36-30-48(50-32-38-71-65(44-50)67-46-52(34-40-73(67)80(71)55-18-6-2-7-19-55)57-24-14-26-61-59-22-10-12-28-75(59)82-77(57)61)42-63(69)64-43-49(31-37-70(64)79)51-33-39-72-66(45-51)68-47-53(35-41-74(68)81(72)56-20-8-3-9-21-56)58-25-15-27-62-60-23-11-13-29-76(60)83-78(58)62/h1-20,22-47,56H,21H2. The van der Waals surface area contributed by atoms with Crippen molar-refractivity contribution in [3.8, 4) is 55.9 Å². The Morgan fingerprint density at radius 3 is 1.07 bits per heavy atom. The number of fused-ring (bicyclic) bond motifs is 15. The van der Waals surface area contributed by atoms with Crippen molar-refractivity contribution < 1.29 is 0 Å². The Kier molecular flexibility index (Phi) is 10.3. The molecule has 0 amide bonds. The smallest absolute Gasteiger partial charge is 0.0560 e. The van der Waals surface area contributed by atoms with E-state index in [1.165, 1.54) is 150 Å². The van der Waals surface area contributed by atoms with Gasteiger partial charge < -0.3 is 13.7 Å². The fourth-order valence-electron chi connectivity index (χ4n) is 13.9. The predicted octanol–water partition coefficient (Wildman–Crippen LogP) is 22.4. The number of hydrogen-bond donors (Lipinski definition) is 0. The molecule has 0 saturated heterocycles. The highest BCUT2D eigenvalue weighted by atomic mass is 32.1. The Bertz CT molecular complexity index is 5600. The Labute approximate surface area is 486 Å². The molecule has 0 spiro atoms. The van der Waals surface area contributed by atoms with E-state index in [-0.39, 0.29) is 6.04 Å². The zero-order valence-corrected chi connectivity index (χ0v) is 46.6. The second kappa shape index (κ2) is 18.2. The summed E-state index contributed by atoms with van der Waals surface area (Å²) in [6.07, 6.45) is 9.99. The molecule has 0 radical (unpaired) electrons. The summed E-state index contributed by atoms with van der Waals surface area (Å²) in [6, 6.07) is 95.8. The maximum Gasteiger partial charge on any atom is 0.0560 e. The third-order valence-electron chi connectivity index (χ3n) is 17.7. The van der Waals surface area contributed by atoms with Crippen molar-refractivity contribution in [3.05, 3.63) is 279 Å². The molecule has 1 unspecified atom stereocenters. The second-order valence-electron chi connectivity index (χ2n) is 22.3. The number of para-hydroxylation sites is 2. The second-order valence-corrected chi connectivity index (χ2v) is 24.4. The van der Waals surface area contributed by atoms with Crippen LogP contribution in [0.25, 0.3) is 162 Å². The molecular weight excluding hydrogens is 1040 g/mol. The van der Waals surface area contributed by atoms with Gasteiger partial charge in [-0.3, -0.25) is 0 Å². The van der Waals surface area contributed by atoms with Gasteiger partial charge in [0.05, 0.1) is 28.1 Å². The summed E-state index contributed by atoms with van der Waals surface area (Å²) in [4.78, 5) is 0. The molecule has 0 aliphatic heterocycles. The third-order valence-corrected chi connectivity index (χ3v) is 20.2. The molecule has 0 fully saturated rings. The normalized spacial score (nSPS) is 13.8. The van der Waals surface area contributed by atoms with E-state index in [0.717, 1.165) is 17.8 Å². The van der Waals surface area contributed by atoms with Crippen LogP contribution in [0.3, 0.4) is 0 Å². The Morgan fingerprint density at radius 2 is 0.651 bits per heavy atom. The fraction of sp³-hybridized carbons (Fsp3) is 0.0256. The minimum atomic E-state index is 0.228. The highest BCUT2D eigenvalue weighted by Crippen LogP contribution is 2.46. The average Bonchev–Trinajstić information content (AvgIpc) is 2.59. The van der Waals surface area contributed by atoms with Crippen LogP contribution in [0.1, 0.15) is 12.5 Å². The van der Waals surface area contributed by atoms with Crippen molar-refractivity contribution >= 4 is 128 Å². The molecule has 0 N–H and O–H groups in total. The maximum atomic E-state index is 2.57. The lowest BCUT2D eigenvalue weighted by atomic mass is 9.97. The van der Waals surface area contributed by atoms with E-state index < -0.39 is 0 Å². The molecule has 5 heteroatoms. The lowest BCUT2D eigenvalue weighted by Crippen LogP contribution is -2.06. The van der Waals surface area contributed by atoms with Gasteiger partial charge in [0, 0.05) is 95.1 Å². The molecule has 5 heterocycles. The van der Waals surface area contributed by atoms with Gasteiger partial charge in [-0.05, 0) is 160 Å². The SMILES string of the molecule is C1=CCC(n2c3ccc(-c4ccc5c(c4)c4cc(-c6ccc7c(c6)c6cc(-c8cccc9c8sc8ccccc89)ccc6n7-c6ccccc6)ccc4n5-c4ccccc4)cc3c3cc(-c4cccc5c4sc4ccccc45)ccc32)C=C1. The van der Waals surface area contributed by atoms with Crippen molar-refractivity contribution in [2.24, 2.45) is 0 Å². The van der Waals surface area contributed by atoms with E-state index in [1.807, 2.05) is 22.7 Å². The molecule has 1 aliphatic rings. The third kappa shape index (κ3) is 7.15. The minimum Gasteiger partial charge on any atom is -0.333 e. The zero-order chi connectivity index (χ0) is 54.3. The molecule has 388 valence electrons. The van der Waals surface area contributed by atoms with Crippen molar-refractivity contribution in [2.45, 2.75) is 12.5 Å². The highest BCUT2D eigenvalue weighted by Gasteiger charge is 2.22. The summed E-state index contributed by atoms with van der Waals surface area (Å²) in [5.41, 5.74) is 19.4. The summed E-state index contributed by atoms with van der Waals surface area (Å²) in [6.45, 7) is 0. The largest absolute Gasteiger partial charge is 0.333 e. The summed E-state index contributed by atoms with van der Waals surface area (Å²) in [5.74, 6) is 0. The highest BCUT2D eigenvalue weighted by molar-refractivity contribution is 7.26. The van der Waals surface area contributed by atoms with Crippen molar-refractivity contribution in [1.82, 2.24) is 13.7 Å². The number of aromatic nitrogens is 3. The first-order valence-electron chi connectivity index (χ1n) is 28.7. The first-order chi connectivity index (χ1) is 41.1. The van der Waals surface area contributed by atoms with Gasteiger partial charge in [0.15, 0.2) is 0 Å². The van der Waals surface area contributed by atoms with E-state index in [2.05, 4.69) is 293 Å². The molecule has 18 rings (SSSR count). The Morgan fingerprint density at radius 1 is 0.289 bits per heavy atom. The van der Waals surface area contributed by atoms with Crippen LogP contribution in [0.4, 0.5) is 0 Å². The number of hydrogen-bond acceptors (Lipinski definition) is 2. The average molecular weight is 1090 g/mol. The number of rotatable bonds is 7. The van der Waals surface area contributed by atoms with Crippen LogP contribution in [0, 0.1) is 0 Å². The van der Waals surface area contributed by atoms with Crippen LogP contribution in [0.2, 0.25) is 0 Å². The number of allylic oxidation sites excluding steroid dienone is 4. The first kappa shape index (κ1) is 46.7. The molecule has 1 atom stereocenters. The molecule has 1 aliphatic carbocycles. The summed E-state index contributed by atoms with van der Waals surface area (Å²) < 4.78 is 12.8. The molecule has 17 aromatic rings. The van der Waals surface area contributed by atoms with E-state index >= 15 is 0 Å². The van der Waals surface area contributed by atoms with E-state index in [0.29, 0.717) is 0 Å². The Hall–Kier alpha value is -10.0. The maximum absolute atomic E-state index is 2.57. The number of nitrogens with zero attached hydrogens (tertiary/aromatic N) is 3. The predicted molar refractivity (Wildman–Crippen MR) is 358 cm³/mol. The van der Waals surface area contributed by atoms with Crippen LogP contribution in [0.15, 0.2) is 279 Å². The molecule has 12 aromatic carbocycles. The molecule has 3 nitrogen and oxygen atoms in total. The molecule has 5 aromatic heterocycles. The lowest BCUT2D eigenvalue weighted by molar-refractivity contribution is 0.648. The minimum absolute atomic E-state index is 0.228. The van der Waals surface area contributed by atoms with E-state index in [1.54, 1.807) is 0 Å². The summed E-state index contributed by atoms with van der Waals surface area (Å²) in [7, 11) is 0. The van der Waals surface area contributed by atoms with Gasteiger partial charge in [0.25, 0.3) is 0 Å². The number of thiophene rings is 2. The van der Waals surface area contributed by atoms with Crippen LogP contribution < -0.4 is 0 Å². The van der Waals surface area contributed by atoms with Crippen molar-refractivity contribution in [1.29, 1.82) is 0 Å². The monoisotopic (exact) mass is 1090 g/mol. The van der Waals surface area contributed by atoms with E-state index in [4.69, 9.17) is 0 Å². The van der Waals surface area contributed by atoms with Crippen LogP contribution in [-0.2, 0) is 0 Å². The number of benzene rings is 12. The van der Waals surface area contributed by atoms with Crippen LogP contribution in [-0.4, -0.2) is 13.7 Å². The lowest BCUT2D eigenvalue weighted by Gasteiger charge is -2.18.